The molecule has 0 aliphatic heterocycles. The summed E-state index contributed by atoms with van der Waals surface area (Å²) in [6.07, 6.45) is 0. The molecular formula is C12H17FN2O2S. The molecule has 0 aliphatic carbocycles. The quantitative estimate of drug-likeness (QED) is 0.672. The van der Waals surface area contributed by atoms with E-state index in [2.05, 4.69) is 6.58 Å². The van der Waals surface area contributed by atoms with E-state index in [-0.39, 0.29) is 22.7 Å². The normalized spacial score (nSPS) is 11.8. The summed E-state index contributed by atoms with van der Waals surface area (Å²) in [7, 11) is -2.33. The number of hydrogen-bond donors (Lipinski definition) is 1. The van der Waals surface area contributed by atoms with E-state index in [0.29, 0.717) is 5.57 Å². The number of nitrogen functional groups attached to an aromatic ring is 1. The highest BCUT2D eigenvalue weighted by molar-refractivity contribution is 7.89. The van der Waals surface area contributed by atoms with Crippen LogP contribution in [0, 0.1) is 12.7 Å². The molecule has 1 rings (SSSR count). The average molecular weight is 272 g/mol. The minimum Gasteiger partial charge on any atom is -0.398 e. The van der Waals surface area contributed by atoms with Gasteiger partial charge in [-0.25, -0.2) is 12.8 Å². The lowest BCUT2D eigenvalue weighted by molar-refractivity contribution is 0.492. The first-order valence-electron chi connectivity index (χ1n) is 5.32. The van der Waals surface area contributed by atoms with Crippen LogP contribution in [-0.4, -0.2) is 26.3 Å². The topological polar surface area (TPSA) is 63.4 Å². The van der Waals surface area contributed by atoms with Crippen molar-refractivity contribution in [1.82, 2.24) is 4.31 Å². The number of hydrogen-bond acceptors (Lipinski definition) is 3. The molecule has 0 unspecified atom stereocenters. The molecule has 0 heterocycles. The van der Waals surface area contributed by atoms with Crippen LogP contribution in [0.15, 0.2) is 29.2 Å². The predicted molar refractivity (Wildman–Crippen MR) is 70.2 cm³/mol. The Bertz CT molecular complexity index is 559. The van der Waals surface area contributed by atoms with E-state index in [4.69, 9.17) is 5.73 Å². The Labute approximate surface area is 107 Å². The number of rotatable bonds is 4. The van der Waals surface area contributed by atoms with Gasteiger partial charge in [-0.1, -0.05) is 12.2 Å². The zero-order chi connectivity index (χ0) is 14.1. The summed E-state index contributed by atoms with van der Waals surface area (Å²) >= 11 is 0. The van der Waals surface area contributed by atoms with Gasteiger partial charge in [0.25, 0.3) is 0 Å². The zero-order valence-electron chi connectivity index (χ0n) is 10.7. The number of halogens is 1. The van der Waals surface area contributed by atoms with Gasteiger partial charge in [-0.2, -0.15) is 4.31 Å². The highest BCUT2D eigenvalue weighted by atomic mass is 32.2. The lowest BCUT2D eigenvalue weighted by atomic mass is 10.2. The van der Waals surface area contributed by atoms with Gasteiger partial charge >= 0.3 is 0 Å². The van der Waals surface area contributed by atoms with E-state index in [9.17, 15) is 12.8 Å². The summed E-state index contributed by atoms with van der Waals surface area (Å²) in [5.41, 5.74) is 6.64. The Balaban J connectivity index is 3.25. The minimum absolute atomic E-state index is 0.123. The molecule has 0 fully saturated rings. The maximum absolute atomic E-state index is 13.5. The van der Waals surface area contributed by atoms with Gasteiger partial charge in [0.15, 0.2) is 0 Å². The molecule has 18 heavy (non-hydrogen) atoms. The van der Waals surface area contributed by atoms with Gasteiger partial charge in [-0.05, 0) is 26.0 Å². The molecule has 4 nitrogen and oxygen atoms in total. The first-order chi connectivity index (χ1) is 8.16. The highest BCUT2D eigenvalue weighted by Gasteiger charge is 2.22. The van der Waals surface area contributed by atoms with Crippen LogP contribution < -0.4 is 5.73 Å². The van der Waals surface area contributed by atoms with E-state index in [1.165, 1.54) is 20.0 Å². The Hall–Kier alpha value is -1.40. The van der Waals surface area contributed by atoms with Gasteiger partial charge in [0.1, 0.15) is 5.82 Å². The first-order valence-corrected chi connectivity index (χ1v) is 6.76. The highest BCUT2D eigenvalue weighted by Crippen LogP contribution is 2.23. The second-order valence-electron chi connectivity index (χ2n) is 4.34. The van der Waals surface area contributed by atoms with Crippen molar-refractivity contribution in [2.75, 3.05) is 19.3 Å². The van der Waals surface area contributed by atoms with Crippen molar-refractivity contribution in [2.24, 2.45) is 0 Å². The maximum atomic E-state index is 13.5. The fraction of sp³-hybridized carbons (Fsp3) is 0.333. The van der Waals surface area contributed by atoms with Crippen LogP contribution in [0.25, 0.3) is 0 Å². The molecule has 0 amide bonds. The van der Waals surface area contributed by atoms with Crippen LogP contribution in [0.5, 0.6) is 0 Å². The summed E-state index contributed by atoms with van der Waals surface area (Å²) in [5, 5.41) is 0. The van der Waals surface area contributed by atoms with Gasteiger partial charge < -0.3 is 5.73 Å². The third-order valence-electron chi connectivity index (χ3n) is 2.56. The molecule has 2 N–H and O–H groups in total. The number of likely N-dealkylation sites (N-methyl/N-ethyl adjacent to an activating group) is 1. The molecule has 100 valence electrons. The van der Waals surface area contributed by atoms with E-state index in [0.717, 1.165) is 10.4 Å². The van der Waals surface area contributed by atoms with Gasteiger partial charge in [0.05, 0.1) is 4.90 Å². The van der Waals surface area contributed by atoms with Crippen LogP contribution in [0.3, 0.4) is 0 Å². The van der Waals surface area contributed by atoms with E-state index in [1.54, 1.807) is 6.92 Å². The van der Waals surface area contributed by atoms with Gasteiger partial charge in [0, 0.05) is 24.8 Å². The molecule has 0 aliphatic rings. The van der Waals surface area contributed by atoms with E-state index >= 15 is 0 Å². The van der Waals surface area contributed by atoms with Crippen molar-refractivity contribution >= 4 is 15.7 Å². The number of nitrogens with zero attached hydrogens (tertiary/aromatic N) is 1. The Morgan fingerprint density at radius 1 is 1.50 bits per heavy atom. The third kappa shape index (κ3) is 2.88. The lowest BCUT2D eigenvalue weighted by Gasteiger charge is -2.18. The Morgan fingerprint density at radius 3 is 2.50 bits per heavy atom. The summed E-state index contributed by atoms with van der Waals surface area (Å²) in [5.74, 6) is -0.627. The minimum atomic E-state index is -3.74. The van der Waals surface area contributed by atoms with Crippen LogP contribution in [0.1, 0.15) is 12.5 Å². The van der Waals surface area contributed by atoms with E-state index < -0.39 is 15.8 Å². The van der Waals surface area contributed by atoms with Crippen molar-refractivity contribution < 1.29 is 12.8 Å². The van der Waals surface area contributed by atoms with Crippen molar-refractivity contribution in [3.05, 3.63) is 35.7 Å². The van der Waals surface area contributed by atoms with Crippen LogP contribution in [0.4, 0.5) is 10.1 Å². The Kier molecular flexibility index (Phi) is 4.13. The fourth-order valence-corrected chi connectivity index (χ4v) is 2.75. The number of sulfonamides is 1. The van der Waals surface area contributed by atoms with E-state index in [1.807, 2.05) is 0 Å². The van der Waals surface area contributed by atoms with Gasteiger partial charge in [0.2, 0.25) is 10.0 Å². The summed E-state index contributed by atoms with van der Waals surface area (Å²) in [6, 6.07) is 2.25. The fourth-order valence-electron chi connectivity index (χ4n) is 1.47. The first kappa shape index (κ1) is 14.7. The molecule has 0 atom stereocenters. The number of nitrogens with two attached hydrogens (primary N) is 1. The van der Waals surface area contributed by atoms with Crippen molar-refractivity contribution in [2.45, 2.75) is 18.7 Å². The SMILES string of the molecule is C=C(C)CN(C)S(=O)(=O)c1cc(N)c(C)c(F)c1. The zero-order valence-corrected chi connectivity index (χ0v) is 11.5. The molecule has 0 aromatic heterocycles. The second-order valence-corrected chi connectivity index (χ2v) is 6.38. The molecule has 0 spiro atoms. The molecule has 1 aromatic rings. The van der Waals surface area contributed by atoms with Gasteiger partial charge in [-0.15, -0.1) is 0 Å². The molecule has 1 aromatic carbocycles. The molecule has 6 heteroatoms. The summed E-state index contributed by atoms with van der Waals surface area (Å²) in [6.45, 7) is 7.04. The third-order valence-corrected chi connectivity index (χ3v) is 4.34. The van der Waals surface area contributed by atoms with Crippen molar-refractivity contribution in [1.29, 1.82) is 0 Å². The Morgan fingerprint density at radius 2 is 2.06 bits per heavy atom. The molecule has 0 radical (unpaired) electrons. The van der Waals surface area contributed by atoms with Crippen LogP contribution in [0.2, 0.25) is 0 Å². The monoisotopic (exact) mass is 272 g/mol. The largest absolute Gasteiger partial charge is 0.398 e. The predicted octanol–water partition coefficient (Wildman–Crippen LogP) is 1.91. The van der Waals surface area contributed by atoms with Crippen LogP contribution >= 0.6 is 0 Å². The molecule has 0 bridgehead atoms. The molecular weight excluding hydrogens is 255 g/mol. The smallest absolute Gasteiger partial charge is 0.243 e. The second kappa shape index (κ2) is 5.07. The number of benzene rings is 1. The van der Waals surface area contributed by atoms with Crippen LogP contribution in [-0.2, 0) is 10.0 Å². The van der Waals surface area contributed by atoms with Crippen molar-refractivity contribution in [3.63, 3.8) is 0 Å². The summed E-state index contributed by atoms with van der Waals surface area (Å²) in [4.78, 5) is -0.146. The summed E-state index contributed by atoms with van der Waals surface area (Å²) < 4.78 is 38.9. The lowest BCUT2D eigenvalue weighted by Crippen LogP contribution is -2.28. The standard InChI is InChI=1S/C12H17FN2O2S/c1-8(2)7-15(4)18(16,17)10-5-11(13)9(3)12(14)6-10/h5-6H,1,7,14H2,2-4H3. The maximum Gasteiger partial charge on any atom is 0.243 e. The molecule has 0 saturated carbocycles. The van der Waals surface area contributed by atoms with Crippen molar-refractivity contribution in [3.8, 4) is 0 Å². The van der Waals surface area contributed by atoms with Gasteiger partial charge in [-0.3, -0.25) is 0 Å². The molecule has 0 saturated heterocycles. The average Bonchev–Trinajstić information content (AvgIpc) is 2.24. The number of anilines is 1.